The minimum absolute atomic E-state index is 0.0532. The maximum Gasteiger partial charge on any atom is 0.223 e. The standard InChI is InChI=1S/C25H27N5O2S/c1-17-3-5-18(6-4-17)15-26-23(31)20-11-13-29(14-12-20)25-28-30-16-22(27-24(30)33-25)19-7-9-21(32-2)10-8-19/h3-10,16,20H,11-15H2,1-2H3,(H,26,31). The first-order valence-electron chi connectivity index (χ1n) is 11.2. The first kappa shape index (κ1) is 21.5. The van der Waals surface area contributed by atoms with Crippen molar-refractivity contribution in [2.75, 3.05) is 25.1 Å². The van der Waals surface area contributed by atoms with E-state index in [0.29, 0.717) is 6.54 Å². The summed E-state index contributed by atoms with van der Waals surface area (Å²) in [6.45, 7) is 4.30. The van der Waals surface area contributed by atoms with Crippen molar-refractivity contribution in [3.63, 3.8) is 0 Å². The number of benzene rings is 2. The summed E-state index contributed by atoms with van der Waals surface area (Å²) in [6, 6.07) is 16.1. The van der Waals surface area contributed by atoms with E-state index in [2.05, 4.69) is 41.4 Å². The highest BCUT2D eigenvalue weighted by molar-refractivity contribution is 7.20. The number of nitrogens with one attached hydrogen (secondary N) is 1. The first-order chi connectivity index (χ1) is 16.1. The summed E-state index contributed by atoms with van der Waals surface area (Å²) in [4.78, 5) is 20.5. The minimum Gasteiger partial charge on any atom is -0.497 e. The van der Waals surface area contributed by atoms with E-state index < -0.39 is 0 Å². The Balaban J connectivity index is 1.17. The molecule has 2 aromatic carbocycles. The number of methoxy groups -OCH3 is 1. The molecule has 0 aliphatic carbocycles. The van der Waals surface area contributed by atoms with Crippen molar-refractivity contribution in [1.82, 2.24) is 19.9 Å². The monoisotopic (exact) mass is 461 g/mol. The van der Waals surface area contributed by atoms with E-state index in [1.165, 1.54) is 5.56 Å². The van der Waals surface area contributed by atoms with Crippen molar-refractivity contribution in [2.45, 2.75) is 26.3 Å². The van der Waals surface area contributed by atoms with E-state index in [0.717, 1.165) is 58.6 Å². The number of hydrogen-bond acceptors (Lipinski definition) is 6. The molecule has 0 bridgehead atoms. The lowest BCUT2D eigenvalue weighted by atomic mass is 9.96. The molecular weight excluding hydrogens is 434 g/mol. The molecule has 1 aliphatic heterocycles. The van der Waals surface area contributed by atoms with E-state index in [4.69, 9.17) is 14.8 Å². The molecule has 0 saturated carbocycles. The number of carbonyl (C=O) groups is 1. The zero-order chi connectivity index (χ0) is 22.8. The highest BCUT2D eigenvalue weighted by atomic mass is 32.1. The van der Waals surface area contributed by atoms with Gasteiger partial charge in [0.25, 0.3) is 0 Å². The van der Waals surface area contributed by atoms with Crippen molar-refractivity contribution >= 4 is 27.3 Å². The van der Waals surface area contributed by atoms with Crippen LogP contribution < -0.4 is 15.0 Å². The predicted octanol–water partition coefficient (Wildman–Crippen LogP) is 4.31. The summed E-state index contributed by atoms with van der Waals surface area (Å²) in [7, 11) is 1.66. The maximum absolute atomic E-state index is 12.6. The average molecular weight is 462 g/mol. The molecule has 1 saturated heterocycles. The minimum atomic E-state index is 0.0532. The Labute approximate surface area is 197 Å². The number of hydrogen-bond donors (Lipinski definition) is 1. The van der Waals surface area contributed by atoms with E-state index in [-0.39, 0.29) is 11.8 Å². The Morgan fingerprint density at radius 3 is 2.52 bits per heavy atom. The summed E-state index contributed by atoms with van der Waals surface area (Å²) in [5.74, 6) is 1.03. The van der Waals surface area contributed by atoms with Gasteiger partial charge in [0.2, 0.25) is 16.0 Å². The number of amides is 1. The Hall–Kier alpha value is -3.39. The second kappa shape index (κ2) is 9.23. The van der Waals surface area contributed by atoms with Crippen LogP contribution in [0, 0.1) is 12.8 Å². The summed E-state index contributed by atoms with van der Waals surface area (Å²) < 4.78 is 7.07. The third kappa shape index (κ3) is 4.71. The van der Waals surface area contributed by atoms with Gasteiger partial charge in [-0.05, 0) is 49.6 Å². The fourth-order valence-electron chi connectivity index (χ4n) is 4.09. The quantitative estimate of drug-likeness (QED) is 0.463. The van der Waals surface area contributed by atoms with Gasteiger partial charge in [-0.3, -0.25) is 4.79 Å². The highest BCUT2D eigenvalue weighted by Crippen LogP contribution is 2.30. The predicted molar refractivity (Wildman–Crippen MR) is 131 cm³/mol. The lowest BCUT2D eigenvalue weighted by Gasteiger charge is -2.30. The number of rotatable bonds is 6. The van der Waals surface area contributed by atoms with E-state index in [1.807, 2.05) is 35.0 Å². The number of carbonyl (C=O) groups excluding carboxylic acids is 1. The Morgan fingerprint density at radius 2 is 1.85 bits per heavy atom. The van der Waals surface area contributed by atoms with Crippen LogP contribution >= 0.6 is 11.3 Å². The van der Waals surface area contributed by atoms with Crippen LogP contribution in [0.5, 0.6) is 5.75 Å². The molecule has 1 fully saturated rings. The molecule has 2 aromatic heterocycles. The molecule has 0 unspecified atom stereocenters. The summed E-state index contributed by atoms with van der Waals surface area (Å²) >= 11 is 1.59. The molecule has 1 aliphatic rings. The maximum atomic E-state index is 12.6. The van der Waals surface area contributed by atoms with Crippen molar-refractivity contribution in [3.8, 4) is 17.0 Å². The number of aromatic nitrogens is 3. The van der Waals surface area contributed by atoms with Crippen LogP contribution in [0.25, 0.3) is 16.2 Å². The van der Waals surface area contributed by atoms with E-state index >= 15 is 0 Å². The smallest absolute Gasteiger partial charge is 0.223 e. The van der Waals surface area contributed by atoms with Crippen LogP contribution in [0.1, 0.15) is 24.0 Å². The number of aryl methyl sites for hydroxylation is 1. The molecule has 0 spiro atoms. The third-order valence-electron chi connectivity index (χ3n) is 6.14. The molecule has 1 N–H and O–H groups in total. The normalized spacial score (nSPS) is 14.5. The molecule has 8 heteroatoms. The molecule has 3 heterocycles. The van der Waals surface area contributed by atoms with Gasteiger partial charge in [0.15, 0.2) is 0 Å². The second-order valence-corrected chi connectivity index (χ2v) is 9.37. The Morgan fingerprint density at radius 1 is 1.12 bits per heavy atom. The molecule has 4 aromatic rings. The lowest BCUT2D eigenvalue weighted by molar-refractivity contribution is -0.125. The molecular formula is C25H27N5O2S. The molecule has 1 amide bonds. The summed E-state index contributed by atoms with van der Waals surface area (Å²) in [5.41, 5.74) is 4.29. The number of ether oxygens (including phenoxy) is 1. The van der Waals surface area contributed by atoms with Crippen molar-refractivity contribution in [2.24, 2.45) is 5.92 Å². The van der Waals surface area contributed by atoms with Gasteiger partial charge < -0.3 is 15.0 Å². The molecule has 0 atom stereocenters. The van der Waals surface area contributed by atoms with Crippen molar-refractivity contribution in [3.05, 3.63) is 65.9 Å². The Kier molecular flexibility index (Phi) is 6.00. The molecule has 5 rings (SSSR count). The summed E-state index contributed by atoms with van der Waals surface area (Å²) in [5, 5.41) is 8.80. The largest absolute Gasteiger partial charge is 0.497 e. The van der Waals surface area contributed by atoms with Gasteiger partial charge in [0.05, 0.1) is 19.0 Å². The highest BCUT2D eigenvalue weighted by Gasteiger charge is 2.26. The van der Waals surface area contributed by atoms with Crippen LogP contribution in [0.4, 0.5) is 5.13 Å². The van der Waals surface area contributed by atoms with Gasteiger partial charge >= 0.3 is 0 Å². The fraction of sp³-hybridized carbons (Fsp3) is 0.320. The number of imidazole rings is 1. The van der Waals surface area contributed by atoms with Crippen LogP contribution in [0.3, 0.4) is 0 Å². The van der Waals surface area contributed by atoms with Crippen molar-refractivity contribution < 1.29 is 9.53 Å². The third-order valence-corrected chi connectivity index (χ3v) is 7.13. The topological polar surface area (TPSA) is 71.8 Å². The number of piperidine rings is 1. The van der Waals surface area contributed by atoms with E-state index in [9.17, 15) is 4.79 Å². The fourth-order valence-corrected chi connectivity index (χ4v) is 5.03. The zero-order valence-corrected chi connectivity index (χ0v) is 19.6. The molecule has 0 radical (unpaired) electrons. The Bertz CT molecular complexity index is 1210. The second-order valence-electron chi connectivity index (χ2n) is 8.43. The molecule has 170 valence electrons. The van der Waals surface area contributed by atoms with E-state index in [1.54, 1.807) is 18.4 Å². The molecule has 7 nitrogen and oxygen atoms in total. The van der Waals surface area contributed by atoms with Gasteiger partial charge in [0, 0.05) is 31.1 Å². The van der Waals surface area contributed by atoms with Crippen LogP contribution in [0.15, 0.2) is 54.7 Å². The lowest BCUT2D eigenvalue weighted by Crippen LogP contribution is -2.40. The number of anilines is 1. The van der Waals surface area contributed by atoms with Gasteiger partial charge in [0.1, 0.15) is 5.75 Å². The summed E-state index contributed by atoms with van der Waals surface area (Å²) in [6.07, 6.45) is 3.62. The zero-order valence-electron chi connectivity index (χ0n) is 18.8. The van der Waals surface area contributed by atoms with Crippen molar-refractivity contribution in [1.29, 1.82) is 0 Å². The molecule has 33 heavy (non-hydrogen) atoms. The van der Waals surface area contributed by atoms with Gasteiger partial charge in [-0.1, -0.05) is 41.2 Å². The average Bonchev–Trinajstić information content (AvgIpc) is 3.43. The van der Waals surface area contributed by atoms with Gasteiger partial charge in [-0.2, -0.15) is 0 Å². The van der Waals surface area contributed by atoms with Crippen LogP contribution in [-0.4, -0.2) is 40.7 Å². The first-order valence-corrected chi connectivity index (χ1v) is 12.0. The SMILES string of the molecule is COc1ccc(-c2cn3nc(N4CCC(C(=O)NCc5ccc(C)cc5)CC4)sc3n2)cc1. The van der Waals surface area contributed by atoms with Gasteiger partial charge in [-0.25, -0.2) is 9.50 Å². The van der Waals surface area contributed by atoms with Crippen LogP contribution in [0.2, 0.25) is 0 Å². The van der Waals surface area contributed by atoms with Gasteiger partial charge in [-0.15, -0.1) is 5.10 Å². The van der Waals surface area contributed by atoms with Crippen LogP contribution in [-0.2, 0) is 11.3 Å². The number of nitrogens with zero attached hydrogens (tertiary/aromatic N) is 4. The number of fused-ring (bicyclic) bond motifs is 1.